The Labute approximate surface area is 199 Å². The number of likely N-dealkylation sites (tertiary alicyclic amines) is 1. The third kappa shape index (κ3) is 5.97. The molecule has 0 aliphatic carbocycles. The summed E-state index contributed by atoms with van der Waals surface area (Å²) in [6.45, 7) is 9.96. The second-order valence-corrected chi connectivity index (χ2v) is 10.5. The van der Waals surface area contributed by atoms with Gasteiger partial charge in [-0.05, 0) is 80.8 Å². The zero-order valence-corrected chi connectivity index (χ0v) is 20.6. The molecule has 0 saturated carbocycles. The minimum atomic E-state index is -0.245. The van der Waals surface area contributed by atoms with Gasteiger partial charge >= 0.3 is 0 Å². The van der Waals surface area contributed by atoms with Crippen molar-refractivity contribution in [2.24, 2.45) is 5.41 Å². The number of hydrogen-bond donors (Lipinski definition) is 1. The van der Waals surface area contributed by atoms with Crippen LogP contribution in [0.25, 0.3) is 0 Å². The van der Waals surface area contributed by atoms with Crippen LogP contribution in [-0.4, -0.2) is 36.5 Å². The summed E-state index contributed by atoms with van der Waals surface area (Å²) in [6.07, 6.45) is 6.04. The number of para-hydroxylation sites is 1. The maximum atomic E-state index is 13.4. The van der Waals surface area contributed by atoms with Crippen molar-refractivity contribution < 1.29 is 9.53 Å². The first kappa shape index (κ1) is 23.8. The van der Waals surface area contributed by atoms with Gasteiger partial charge in [0.05, 0.1) is 11.5 Å². The summed E-state index contributed by atoms with van der Waals surface area (Å²) in [7, 11) is 0. The number of hydrogen-bond acceptors (Lipinski definition) is 3. The summed E-state index contributed by atoms with van der Waals surface area (Å²) in [5, 5.41) is 3.29. The molecular formula is C29H40N2O2. The quantitative estimate of drug-likeness (QED) is 0.655. The predicted molar refractivity (Wildman–Crippen MR) is 135 cm³/mol. The smallest absolute Gasteiger partial charge is 0.226 e. The predicted octanol–water partition coefficient (Wildman–Crippen LogP) is 5.70. The van der Waals surface area contributed by atoms with E-state index in [2.05, 4.69) is 67.4 Å². The fraction of sp³-hybridized carbons (Fsp3) is 0.552. The Bertz CT molecular complexity index is 913. The van der Waals surface area contributed by atoms with Gasteiger partial charge in [0.25, 0.3) is 0 Å². The van der Waals surface area contributed by atoms with Crippen LogP contribution in [-0.2, 0) is 17.8 Å². The molecule has 2 aliphatic rings. The van der Waals surface area contributed by atoms with Crippen LogP contribution >= 0.6 is 0 Å². The van der Waals surface area contributed by atoms with E-state index in [0.717, 1.165) is 63.9 Å². The highest BCUT2D eigenvalue weighted by atomic mass is 16.5. The normalized spacial score (nSPS) is 22.1. The number of piperidine rings is 1. The van der Waals surface area contributed by atoms with Gasteiger partial charge < -0.3 is 10.1 Å². The molecule has 2 aliphatic heterocycles. The lowest BCUT2D eigenvalue weighted by Gasteiger charge is -2.41. The number of fused-ring (bicyclic) bond motifs is 1. The SMILES string of the molecule is CC(C)c1ccc(CN2CCC3(CCCCc4ccccc4OC[C@H](C)NC3=O)CC2)cc1. The van der Waals surface area contributed by atoms with E-state index >= 15 is 0 Å². The lowest BCUT2D eigenvalue weighted by atomic mass is 9.73. The Morgan fingerprint density at radius 1 is 1.03 bits per heavy atom. The van der Waals surface area contributed by atoms with Gasteiger partial charge in [-0.1, -0.05) is 62.7 Å². The molecule has 178 valence electrons. The van der Waals surface area contributed by atoms with Crippen molar-refractivity contribution in [2.75, 3.05) is 19.7 Å². The highest BCUT2D eigenvalue weighted by molar-refractivity contribution is 5.83. The van der Waals surface area contributed by atoms with Gasteiger partial charge in [0.2, 0.25) is 5.91 Å². The summed E-state index contributed by atoms with van der Waals surface area (Å²) in [6, 6.07) is 17.4. The molecule has 1 saturated heterocycles. The van der Waals surface area contributed by atoms with Crippen LogP contribution in [0.2, 0.25) is 0 Å². The van der Waals surface area contributed by atoms with Crippen LogP contribution in [0.4, 0.5) is 0 Å². The zero-order valence-electron chi connectivity index (χ0n) is 20.6. The topological polar surface area (TPSA) is 41.6 Å². The Morgan fingerprint density at radius 2 is 1.76 bits per heavy atom. The van der Waals surface area contributed by atoms with Gasteiger partial charge in [-0.2, -0.15) is 0 Å². The Kier molecular flexibility index (Phi) is 7.75. The van der Waals surface area contributed by atoms with Gasteiger partial charge in [0, 0.05) is 6.54 Å². The van der Waals surface area contributed by atoms with Gasteiger partial charge in [-0.15, -0.1) is 0 Å². The standard InChI is InChI=1S/C29H40N2O2/c1-22(2)25-13-11-24(12-14-25)20-31-18-16-29(17-19-31)15-7-6-9-26-8-4-5-10-27(26)33-21-23(3)30-28(29)32/h4-5,8,10-14,22-23H,6-7,9,15-21H2,1-3H3,(H,30,32)/t23-/m0/s1. The van der Waals surface area contributed by atoms with Crippen LogP contribution < -0.4 is 10.1 Å². The fourth-order valence-electron chi connectivity index (χ4n) is 5.26. The van der Waals surface area contributed by atoms with E-state index in [1.165, 1.54) is 16.7 Å². The summed E-state index contributed by atoms with van der Waals surface area (Å²) >= 11 is 0. The average molecular weight is 449 g/mol. The number of nitrogens with zero attached hydrogens (tertiary/aromatic N) is 1. The van der Waals surface area contributed by atoms with Gasteiger partial charge in [-0.3, -0.25) is 9.69 Å². The first-order valence-electron chi connectivity index (χ1n) is 12.8. The Balaban J connectivity index is 1.39. The maximum absolute atomic E-state index is 13.4. The third-order valence-electron chi connectivity index (χ3n) is 7.54. The molecule has 4 heteroatoms. The molecule has 1 amide bonds. The minimum Gasteiger partial charge on any atom is -0.491 e. The van der Waals surface area contributed by atoms with Crippen molar-refractivity contribution in [1.82, 2.24) is 10.2 Å². The molecule has 1 spiro atoms. The van der Waals surface area contributed by atoms with Crippen LogP contribution in [0.1, 0.15) is 75.5 Å². The molecule has 2 aromatic rings. The number of ether oxygens (including phenoxy) is 1. The fourth-order valence-corrected chi connectivity index (χ4v) is 5.26. The third-order valence-corrected chi connectivity index (χ3v) is 7.54. The molecule has 1 atom stereocenters. The number of nitrogens with one attached hydrogen (secondary N) is 1. The highest BCUT2D eigenvalue weighted by Gasteiger charge is 2.41. The van der Waals surface area contributed by atoms with Gasteiger partial charge in [0.15, 0.2) is 0 Å². The minimum absolute atomic E-state index is 0.000593. The number of amides is 1. The average Bonchev–Trinajstić information content (AvgIpc) is 2.82. The molecule has 1 N–H and O–H groups in total. The number of aryl methyl sites for hydroxylation is 1. The molecule has 33 heavy (non-hydrogen) atoms. The van der Waals surface area contributed by atoms with E-state index in [4.69, 9.17) is 4.74 Å². The van der Waals surface area contributed by atoms with Crippen molar-refractivity contribution in [3.8, 4) is 5.75 Å². The van der Waals surface area contributed by atoms with Gasteiger partial charge in [-0.25, -0.2) is 0 Å². The second-order valence-electron chi connectivity index (χ2n) is 10.5. The second kappa shape index (κ2) is 10.7. The molecule has 0 unspecified atom stereocenters. The van der Waals surface area contributed by atoms with Crippen molar-refractivity contribution in [3.05, 3.63) is 65.2 Å². The first-order chi connectivity index (χ1) is 15.9. The zero-order chi connectivity index (χ0) is 23.3. The number of carbonyl (C=O) groups excluding carboxylic acids is 1. The molecule has 4 nitrogen and oxygen atoms in total. The molecule has 4 rings (SSSR count). The van der Waals surface area contributed by atoms with Crippen molar-refractivity contribution in [1.29, 1.82) is 0 Å². The molecule has 0 bridgehead atoms. The van der Waals surface area contributed by atoms with Gasteiger partial charge in [0.1, 0.15) is 12.4 Å². The number of rotatable bonds is 3. The summed E-state index contributed by atoms with van der Waals surface area (Å²) in [5.74, 6) is 1.76. The van der Waals surface area contributed by atoms with Crippen LogP contribution in [0.3, 0.4) is 0 Å². The summed E-state index contributed by atoms with van der Waals surface area (Å²) in [5.41, 5.74) is 3.79. The first-order valence-corrected chi connectivity index (χ1v) is 12.8. The van der Waals surface area contributed by atoms with Crippen LogP contribution in [0.15, 0.2) is 48.5 Å². The molecule has 1 fully saturated rings. The van der Waals surface area contributed by atoms with Crippen LogP contribution in [0, 0.1) is 5.41 Å². The lowest BCUT2D eigenvalue weighted by Crippen LogP contribution is -2.51. The van der Waals surface area contributed by atoms with E-state index in [1.54, 1.807) is 0 Å². The van der Waals surface area contributed by atoms with Crippen molar-refractivity contribution in [3.63, 3.8) is 0 Å². The summed E-state index contributed by atoms with van der Waals surface area (Å²) in [4.78, 5) is 16.0. The molecule has 2 aromatic carbocycles. The highest BCUT2D eigenvalue weighted by Crippen LogP contribution is 2.38. The van der Waals surface area contributed by atoms with E-state index in [-0.39, 0.29) is 17.4 Å². The monoisotopic (exact) mass is 448 g/mol. The Hall–Kier alpha value is -2.33. The Morgan fingerprint density at radius 3 is 2.48 bits per heavy atom. The van der Waals surface area contributed by atoms with Crippen molar-refractivity contribution >= 4 is 5.91 Å². The van der Waals surface area contributed by atoms with Crippen LogP contribution in [0.5, 0.6) is 5.75 Å². The van der Waals surface area contributed by atoms with E-state index in [0.29, 0.717) is 12.5 Å². The van der Waals surface area contributed by atoms with E-state index in [1.807, 2.05) is 12.1 Å². The van der Waals surface area contributed by atoms with E-state index in [9.17, 15) is 4.79 Å². The number of carbonyl (C=O) groups is 1. The van der Waals surface area contributed by atoms with E-state index < -0.39 is 0 Å². The molecular weight excluding hydrogens is 408 g/mol. The van der Waals surface area contributed by atoms with Crippen molar-refractivity contribution in [2.45, 2.75) is 77.8 Å². The molecule has 0 radical (unpaired) electrons. The summed E-state index contributed by atoms with van der Waals surface area (Å²) < 4.78 is 6.08. The largest absolute Gasteiger partial charge is 0.491 e. The lowest BCUT2D eigenvalue weighted by molar-refractivity contribution is -0.135. The molecule has 2 heterocycles. The number of benzene rings is 2. The molecule has 0 aromatic heterocycles. The maximum Gasteiger partial charge on any atom is 0.226 e.